The summed E-state index contributed by atoms with van der Waals surface area (Å²) in [5.41, 5.74) is 0. The van der Waals surface area contributed by atoms with E-state index in [1.54, 1.807) is 0 Å². The van der Waals surface area contributed by atoms with Crippen molar-refractivity contribution in [3.05, 3.63) is 20.1 Å². The van der Waals surface area contributed by atoms with Crippen molar-refractivity contribution < 1.29 is 0 Å². The molecule has 0 atom stereocenters. The van der Waals surface area contributed by atoms with Crippen LogP contribution in [0.15, 0.2) is 20.1 Å². The lowest BCUT2D eigenvalue weighted by atomic mass is 11.2. The van der Waals surface area contributed by atoms with E-state index >= 15 is 0 Å². The largest absolute Gasteiger partial charge is 0.0726 e. The van der Waals surface area contributed by atoms with Crippen molar-refractivity contribution in [2.24, 2.45) is 0 Å². The second-order valence-corrected chi connectivity index (χ2v) is 13.9. The summed E-state index contributed by atoms with van der Waals surface area (Å²) in [6, 6.07) is 0. The molecule has 0 saturated heterocycles. The van der Waals surface area contributed by atoms with Gasteiger partial charge in [-0.2, -0.15) is 0 Å². The number of hydrogen-bond acceptors (Lipinski definition) is 4. The third-order valence-electron chi connectivity index (χ3n) is 1.20. The van der Waals surface area contributed by atoms with Gasteiger partial charge in [-0.25, -0.2) is 0 Å². The quantitative estimate of drug-likeness (QED) is 0.247. The molecular formula is C6I4S4. The van der Waals surface area contributed by atoms with E-state index in [0.29, 0.717) is 0 Å². The summed E-state index contributed by atoms with van der Waals surface area (Å²) in [7, 11) is 0. The van der Waals surface area contributed by atoms with Gasteiger partial charge in [0, 0.05) is 0 Å². The number of rotatable bonds is 0. The molecule has 2 heterocycles. The monoisotopic (exact) mass is 708 g/mol. The topological polar surface area (TPSA) is 0 Å². The van der Waals surface area contributed by atoms with E-state index in [1.807, 2.05) is 47.0 Å². The molecule has 0 amide bonds. The molecule has 0 aromatic heterocycles. The van der Waals surface area contributed by atoms with Crippen molar-refractivity contribution in [1.29, 1.82) is 0 Å². The van der Waals surface area contributed by atoms with Crippen molar-refractivity contribution in [2.75, 3.05) is 0 Å². The van der Waals surface area contributed by atoms with E-state index < -0.39 is 0 Å². The number of thioether (sulfide) groups is 4. The Bertz CT molecular complexity index is 315. The molecular weight excluding hydrogens is 708 g/mol. The third-order valence-corrected chi connectivity index (χ3v) is 14.4. The smallest absolute Gasteiger partial charge is 0.0716 e. The third kappa shape index (κ3) is 3.30. The zero-order valence-electron chi connectivity index (χ0n) is 6.14. The first-order valence-electron chi connectivity index (χ1n) is 3.14. The van der Waals surface area contributed by atoms with Crippen LogP contribution in [0.4, 0.5) is 0 Å². The fourth-order valence-corrected chi connectivity index (χ4v) is 10.6. The van der Waals surface area contributed by atoms with Crippen LogP contribution in [-0.2, 0) is 0 Å². The maximum atomic E-state index is 2.41. The van der Waals surface area contributed by atoms with Crippen LogP contribution in [0.25, 0.3) is 0 Å². The van der Waals surface area contributed by atoms with Crippen LogP contribution in [0.1, 0.15) is 0 Å². The minimum Gasteiger partial charge on any atom is -0.0726 e. The van der Waals surface area contributed by atoms with Gasteiger partial charge < -0.3 is 0 Å². The first kappa shape index (κ1) is 14.0. The molecule has 0 radical (unpaired) electrons. The first-order valence-corrected chi connectivity index (χ1v) is 10.7. The molecule has 76 valence electrons. The summed E-state index contributed by atoms with van der Waals surface area (Å²) in [5.74, 6) is 0. The highest BCUT2D eigenvalue weighted by Gasteiger charge is 2.26. The zero-order chi connectivity index (χ0) is 10.3. The van der Waals surface area contributed by atoms with Gasteiger partial charge in [0.1, 0.15) is 0 Å². The van der Waals surface area contributed by atoms with Crippen LogP contribution in [0.3, 0.4) is 0 Å². The molecule has 0 aromatic carbocycles. The van der Waals surface area contributed by atoms with Crippen LogP contribution in [-0.4, -0.2) is 0 Å². The highest BCUT2D eigenvalue weighted by Crippen LogP contribution is 2.63. The summed E-state index contributed by atoms with van der Waals surface area (Å²) in [6.07, 6.45) is 0. The lowest BCUT2D eigenvalue weighted by Crippen LogP contribution is -1.65. The molecule has 0 aromatic rings. The highest BCUT2D eigenvalue weighted by molar-refractivity contribution is 14.1. The van der Waals surface area contributed by atoms with Crippen molar-refractivity contribution >= 4 is 137 Å². The Morgan fingerprint density at radius 2 is 0.714 bits per heavy atom. The second kappa shape index (κ2) is 6.12. The minimum absolute atomic E-state index is 1.41. The summed E-state index contributed by atoms with van der Waals surface area (Å²) >= 11 is 17.3. The number of halogens is 4. The fraction of sp³-hybridized carbons (Fsp3) is 0. The minimum atomic E-state index is 1.41. The van der Waals surface area contributed by atoms with E-state index in [4.69, 9.17) is 0 Å². The van der Waals surface area contributed by atoms with Gasteiger partial charge in [-0.15, -0.1) is 0 Å². The van der Waals surface area contributed by atoms with Gasteiger partial charge in [-0.1, -0.05) is 47.0 Å². The Morgan fingerprint density at radius 1 is 0.500 bits per heavy atom. The predicted octanol–water partition coefficient (Wildman–Crippen LogP) is 7.07. The molecule has 0 aliphatic carbocycles. The summed E-state index contributed by atoms with van der Waals surface area (Å²) in [6.45, 7) is 0. The van der Waals surface area contributed by atoms with Crippen LogP contribution in [0.2, 0.25) is 0 Å². The second-order valence-electron chi connectivity index (χ2n) is 2.08. The van der Waals surface area contributed by atoms with Gasteiger partial charge in [-0.3, -0.25) is 0 Å². The van der Waals surface area contributed by atoms with Crippen LogP contribution in [0.5, 0.6) is 0 Å². The molecule has 0 fully saturated rings. The van der Waals surface area contributed by atoms with E-state index in [9.17, 15) is 0 Å². The average molecular weight is 708 g/mol. The van der Waals surface area contributed by atoms with Crippen molar-refractivity contribution in [3.63, 3.8) is 0 Å². The molecule has 2 rings (SSSR count). The van der Waals surface area contributed by atoms with Gasteiger partial charge >= 0.3 is 0 Å². The van der Waals surface area contributed by atoms with Crippen LogP contribution >= 0.6 is 137 Å². The Kier molecular flexibility index (Phi) is 6.11. The molecule has 0 N–H and O–H groups in total. The van der Waals surface area contributed by atoms with E-state index in [0.717, 1.165) is 0 Å². The fourth-order valence-electron chi connectivity index (χ4n) is 0.694. The van der Waals surface area contributed by atoms with E-state index in [1.165, 1.54) is 20.1 Å². The predicted molar refractivity (Wildman–Crippen MR) is 108 cm³/mol. The van der Waals surface area contributed by atoms with Crippen molar-refractivity contribution in [3.8, 4) is 0 Å². The average Bonchev–Trinajstić information content (AvgIpc) is 2.60. The number of hydrogen-bond donors (Lipinski definition) is 0. The molecule has 2 aliphatic rings. The summed E-state index contributed by atoms with van der Waals surface area (Å²) < 4.78 is 8.55. The van der Waals surface area contributed by atoms with Gasteiger partial charge in [0.05, 0.1) is 20.1 Å². The summed E-state index contributed by atoms with van der Waals surface area (Å²) in [4.78, 5) is 0. The Labute approximate surface area is 154 Å². The summed E-state index contributed by atoms with van der Waals surface area (Å²) in [5, 5.41) is 0. The molecule has 0 nitrogen and oxygen atoms in total. The molecule has 0 saturated carbocycles. The molecule has 0 spiro atoms. The maximum Gasteiger partial charge on any atom is 0.0716 e. The van der Waals surface area contributed by atoms with Crippen molar-refractivity contribution in [1.82, 2.24) is 0 Å². The van der Waals surface area contributed by atoms with Gasteiger partial charge in [0.2, 0.25) is 0 Å². The van der Waals surface area contributed by atoms with E-state index in [2.05, 4.69) is 90.4 Å². The SMILES string of the molecule is IC1=C(I)SC(=C2SC(I)=C(I)S2)S1. The molecule has 2 aliphatic heterocycles. The van der Waals surface area contributed by atoms with Gasteiger partial charge in [-0.05, 0) is 90.4 Å². The van der Waals surface area contributed by atoms with Gasteiger partial charge in [0.15, 0.2) is 0 Å². The Hall–Kier alpha value is 3.54. The standard InChI is InChI=1S/C6I4S4/c7-1-2(8)12-5(11-1)6-13-3(9)4(10)14-6. The van der Waals surface area contributed by atoms with Crippen molar-refractivity contribution in [2.45, 2.75) is 0 Å². The van der Waals surface area contributed by atoms with E-state index in [-0.39, 0.29) is 0 Å². The Balaban J connectivity index is 2.17. The molecule has 0 bridgehead atoms. The zero-order valence-corrected chi connectivity index (χ0v) is 18.0. The molecule has 14 heavy (non-hydrogen) atoms. The molecule has 8 heteroatoms. The maximum absolute atomic E-state index is 2.41. The molecule has 0 unspecified atom stereocenters. The van der Waals surface area contributed by atoms with Crippen LogP contribution < -0.4 is 0 Å². The normalized spacial score (nSPS) is 23.1. The Morgan fingerprint density at radius 3 is 0.929 bits per heavy atom. The lowest BCUT2D eigenvalue weighted by Gasteiger charge is -1.99. The lowest BCUT2D eigenvalue weighted by molar-refractivity contribution is 2.38. The van der Waals surface area contributed by atoms with Crippen LogP contribution in [0, 0.1) is 0 Å². The van der Waals surface area contributed by atoms with Gasteiger partial charge in [0.25, 0.3) is 0 Å². The first-order chi connectivity index (χ1) is 6.58. The highest BCUT2D eigenvalue weighted by atomic mass is 127.